The molecule has 0 fully saturated rings. The van der Waals surface area contributed by atoms with E-state index in [0.717, 1.165) is 21.2 Å². The fourth-order valence-corrected chi connectivity index (χ4v) is 5.66. The largest absolute Gasteiger partial charge is 0.465 e. The number of ether oxygens (including phenoxy) is 1. The minimum Gasteiger partial charge on any atom is -0.465 e. The molecule has 0 bridgehead atoms. The Morgan fingerprint density at radius 3 is 2.50 bits per heavy atom. The fraction of sp³-hybridized carbons (Fsp3) is 0.0909. The molecule has 2 heterocycles. The van der Waals surface area contributed by atoms with Crippen molar-refractivity contribution in [3.63, 3.8) is 0 Å². The number of esters is 1. The van der Waals surface area contributed by atoms with Crippen LogP contribution in [0.4, 0.5) is 5.00 Å². The maximum absolute atomic E-state index is 13.0. The van der Waals surface area contributed by atoms with E-state index in [9.17, 15) is 9.59 Å². The van der Waals surface area contributed by atoms with Crippen LogP contribution in [-0.4, -0.2) is 19.0 Å². The lowest BCUT2D eigenvalue weighted by molar-refractivity contribution is 0.0603. The minimum atomic E-state index is -0.533. The Labute approximate surface area is 191 Å². The molecule has 0 unspecified atom stereocenters. The van der Waals surface area contributed by atoms with E-state index in [0.29, 0.717) is 31.1 Å². The van der Waals surface area contributed by atoms with E-state index < -0.39 is 5.97 Å². The molecule has 0 saturated heterocycles. The summed E-state index contributed by atoms with van der Waals surface area (Å²) in [6, 6.07) is 13.0. The van der Waals surface area contributed by atoms with Gasteiger partial charge in [0.15, 0.2) is 0 Å². The summed E-state index contributed by atoms with van der Waals surface area (Å²) in [5, 5.41) is 6.88. The van der Waals surface area contributed by atoms with Crippen molar-refractivity contribution in [3.05, 3.63) is 73.9 Å². The summed E-state index contributed by atoms with van der Waals surface area (Å²) in [4.78, 5) is 25.9. The van der Waals surface area contributed by atoms with Crippen molar-refractivity contribution in [2.75, 3.05) is 12.4 Å². The molecule has 2 aromatic carbocycles. The van der Waals surface area contributed by atoms with Crippen LogP contribution in [0.1, 0.15) is 25.6 Å². The second-order valence-electron chi connectivity index (χ2n) is 6.55. The van der Waals surface area contributed by atoms with Gasteiger partial charge < -0.3 is 10.1 Å². The van der Waals surface area contributed by atoms with Crippen LogP contribution in [0.25, 0.3) is 21.2 Å². The van der Waals surface area contributed by atoms with Gasteiger partial charge in [0.05, 0.1) is 12.1 Å². The van der Waals surface area contributed by atoms with Crippen LogP contribution in [0, 0.1) is 6.92 Å². The highest BCUT2D eigenvalue weighted by Gasteiger charge is 2.24. The van der Waals surface area contributed by atoms with E-state index in [1.807, 2.05) is 37.3 Å². The Balaban J connectivity index is 1.72. The molecule has 0 atom stereocenters. The predicted octanol–water partition coefficient (Wildman–Crippen LogP) is 7.28. The first-order valence-corrected chi connectivity index (χ1v) is 11.3. The van der Waals surface area contributed by atoms with Gasteiger partial charge in [-0.15, -0.1) is 22.7 Å². The van der Waals surface area contributed by atoms with Crippen LogP contribution in [0.2, 0.25) is 10.0 Å². The van der Waals surface area contributed by atoms with Crippen molar-refractivity contribution in [3.8, 4) is 11.1 Å². The van der Waals surface area contributed by atoms with Gasteiger partial charge in [-0.2, -0.15) is 0 Å². The molecular weight excluding hydrogens is 461 g/mol. The summed E-state index contributed by atoms with van der Waals surface area (Å²) < 4.78 is 5.90. The summed E-state index contributed by atoms with van der Waals surface area (Å²) in [5.74, 6) is -0.900. The molecule has 0 aliphatic rings. The van der Waals surface area contributed by atoms with Crippen LogP contribution in [0.15, 0.2) is 47.8 Å². The van der Waals surface area contributed by atoms with E-state index >= 15 is 0 Å². The summed E-state index contributed by atoms with van der Waals surface area (Å²) in [6.07, 6.45) is 0. The number of hydrogen-bond acceptors (Lipinski definition) is 5. The Morgan fingerprint density at radius 2 is 1.80 bits per heavy atom. The first-order valence-electron chi connectivity index (χ1n) is 8.84. The maximum Gasteiger partial charge on any atom is 0.341 e. The Bertz CT molecular complexity index is 1280. The maximum atomic E-state index is 13.0. The third-order valence-electron chi connectivity index (χ3n) is 4.55. The normalized spacial score (nSPS) is 10.9. The minimum absolute atomic E-state index is 0.297. The predicted molar refractivity (Wildman–Crippen MR) is 126 cm³/mol. The van der Waals surface area contributed by atoms with Crippen molar-refractivity contribution in [2.45, 2.75) is 6.92 Å². The molecule has 0 aliphatic carbocycles. The number of hydrogen-bond donors (Lipinski definition) is 1. The smallest absolute Gasteiger partial charge is 0.341 e. The molecule has 0 radical (unpaired) electrons. The van der Waals surface area contributed by atoms with Gasteiger partial charge in [0.2, 0.25) is 0 Å². The number of benzene rings is 2. The number of thiophene rings is 2. The van der Waals surface area contributed by atoms with Gasteiger partial charge in [0.25, 0.3) is 5.91 Å². The number of rotatable bonds is 4. The van der Waals surface area contributed by atoms with Gasteiger partial charge >= 0.3 is 5.97 Å². The quantitative estimate of drug-likeness (QED) is 0.315. The molecule has 2 aromatic heterocycles. The van der Waals surface area contributed by atoms with Crippen molar-refractivity contribution in [2.24, 2.45) is 0 Å². The lowest BCUT2D eigenvalue weighted by Gasteiger charge is -2.07. The molecule has 152 valence electrons. The van der Waals surface area contributed by atoms with Gasteiger partial charge in [-0.05, 0) is 36.2 Å². The number of nitrogens with one attached hydrogen (secondary N) is 1. The van der Waals surface area contributed by atoms with Crippen LogP contribution >= 0.6 is 45.9 Å². The first kappa shape index (κ1) is 20.9. The van der Waals surface area contributed by atoms with Crippen LogP contribution < -0.4 is 5.32 Å². The number of amides is 1. The number of carbonyl (C=O) groups is 2. The highest BCUT2D eigenvalue weighted by molar-refractivity contribution is 7.22. The van der Waals surface area contributed by atoms with Crippen molar-refractivity contribution >= 4 is 72.8 Å². The van der Waals surface area contributed by atoms with E-state index in [1.165, 1.54) is 29.8 Å². The SMILES string of the molecule is COC(=O)c1c(-c2ccc(Cl)cc2)csc1NC(=O)c1sc2cc(C)ccc2c1Cl. The summed E-state index contributed by atoms with van der Waals surface area (Å²) in [7, 11) is 1.31. The van der Waals surface area contributed by atoms with Crippen LogP contribution in [0.5, 0.6) is 0 Å². The van der Waals surface area contributed by atoms with Crippen molar-refractivity contribution < 1.29 is 14.3 Å². The molecule has 0 aliphatic heterocycles. The van der Waals surface area contributed by atoms with Gasteiger partial charge in [0.1, 0.15) is 15.4 Å². The third-order valence-corrected chi connectivity index (χ3v) is 7.36. The highest BCUT2D eigenvalue weighted by Crippen LogP contribution is 2.39. The summed E-state index contributed by atoms with van der Waals surface area (Å²) in [6.45, 7) is 1.99. The van der Waals surface area contributed by atoms with E-state index in [-0.39, 0.29) is 5.91 Å². The van der Waals surface area contributed by atoms with Gasteiger partial charge in [0, 0.05) is 26.1 Å². The average molecular weight is 476 g/mol. The monoisotopic (exact) mass is 475 g/mol. The molecule has 0 saturated carbocycles. The molecule has 4 aromatic rings. The lowest BCUT2D eigenvalue weighted by atomic mass is 10.0. The Hall–Kier alpha value is -2.38. The summed E-state index contributed by atoms with van der Waals surface area (Å²) >= 11 is 15.0. The molecule has 0 spiro atoms. The van der Waals surface area contributed by atoms with E-state index in [4.69, 9.17) is 27.9 Å². The molecule has 4 nitrogen and oxygen atoms in total. The second kappa shape index (κ2) is 8.40. The number of methoxy groups -OCH3 is 1. The highest BCUT2D eigenvalue weighted by atomic mass is 35.5. The van der Waals surface area contributed by atoms with Crippen molar-refractivity contribution in [1.82, 2.24) is 0 Å². The zero-order valence-corrected chi connectivity index (χ0v) is 19.1. The zero-order chi connectivity index (χ0) is 21.4. The van der Waals surface area contributed by atoms with Gasteiger partial charge in [-0.25, -0.2) is 4.79 Å². The molecule has 1 amide bonds. The molecule has 30 heavy (non-hydrogen) atoms. The average Bonchev–Trinajstić information content (AvgIpc) is 3.29. The topological polar surface area (TPSA) is 55.4 Å². The van der Waals surface area contributed by atoms with Crippen molar-refractivity contribution in [1.29, 1.82) is 0 Å². The van der Waals surface area contributed by atoms with Crippen LogP contribution in [0.3, 0.4) is 0 Å². The number of fused-ring (bicyclic) bond motifs is 1. The Kier molecular flexibility index (Phi) is 5.84. The number of aryl methyl sites for hydroxylation is 1. The molecule has 1 N–H and O–H groups in total. The molecule has 4 rings (SSSR count). The summed E-state index contributed by atoms with van der Waals surface area (Å²) in [5.41, 5.74) is 2.85. The number of carbonyl (C=O) groups excluding carboxylic acids is 2. The first-order chi connectivity index (χ1) is 14.4. The molecular formula is C22H15Cl2NO3S2. The number of halogens is 2. The molecule has 8 heteroatoms. The lowest BCUT2D eigenvalue weighted by Crippen LogP contribution is -2.13. The standard InChI is InChI=1S/C22H15Cl2NO3S2/c1-11-3-8-14-16(9-11)30-19(18(14)24)20(26)25-21-17(22(27)28-2)15(10-29-21)12-4-6-13(23)7-5-12/h3-10H,1-2H3,(H,25,26). The zero-order valence-electron chi connectivity index (χ0n) is 15.9. The number of anilines is 1. The third kappa shape index (κ3) is 3.84. The van der Waals surface area contributed by atoms with Gasteiger partial charge in [-0.3, -0.25) is 4.79 Å². The van der Waals surface area contributed by atoms with Crippen LogP contribution in [-0.2, 0) is 4.74 Å². The fourth-order valence-electron chi connectivity index (χ4n) is 3.07. The second-order valence-corrected chi connectivity index (χ2v) is 9.30. The van der Waals surface area contributed by atoms with E-state index in [1.54, 1.807) is 17.5 Å². The van der Waals surface area contributed by atoms with E-state index in [2.05, 4.69) is 5.32 Å². The van der Waals surface area contributed by atoms with Gasteiger partial charge in [-0.1, -0.05) is 47.5 Å². The Morgan fingerprint density at radius 1 is 1.07 bits per heavy atom.